The number of hydrogen-bond donors (Lipinski definition) is 3. The van der Waals surface area contributed by atoms with E-state index in [1.54, 1.807) is 11.4 Å². The van der Waals surface area contributed by atoms with E-state index in [-0.39, 0.29) is 11.4 Å². The summed E-state index contributed by atoms with van der Waals surface area (Å²) in [4.78, 5) is 5.00. The molecule has 0 unspecified atom stereocenters. The lowest BCUT2D eigenvalue weighted by molar-refractivity contribution is 0.581. The van der Waals surface area contributed by atoms with Gasteiger partial charge in [-0.05, 0) is 6.07 Å². The van der Waals surface area contributed by atoms with Gasteiger partial charge in [-0.25, -0.2) is 18.1 Å². The van der Waals surface area contributed by atoms with E-state index in [0.29, 0.717) is 18.8 Å². The Morgan fingerprint density at radius 1 is 1.50 bits per heavy atom. The van der Waals surface area contributed by atoms with Crippen LogP contribution in [-0.4, -0.2) is 30.1 Å². The molecular formula is C9H13N5O2S2. The number of nitrogens with two attached hydrogens (primary N) is 1. The zero-order valence-corrected chi connectivity index (χ0v) is 11.1. The Morgan fingerprint density at radius 2 is 2.33 bits per heavy atom. The Bertz CT molecular complexity index is 590. The Labute approximate surface area is 108 Å². The third-order valence-electron chi connectivity index (χ3n) is 2.26. The van der Waals surface area contributed by atoms with Crippen molar-refractivity contribution in [2.45, 2.75) is 17.9 Å². The average Bonchev–Trinajstić information content (AvgIpc) is 2.99. The molecule has 0 saturated carbocycles. The molecule has 18 heavy (non-hydrogen) atoms. The zero-order valence-electron chi connectivity index (χ0n) is 9.46. The molecule has 98 valence electrons. The lowest BCUT2D eigenvalue weighted by atomic mass is 10.4. The summed E-state index contributed by atoms with van der Waals surface area (Å²) in [5.41, 5.74) is 5.45. The van der Waals surface area contributed by atoms with E-state index in [1.807, 2.05) is 0 Å². The number of nitrogens with zero attached hydrogens (tertiary/aromatic N) is 2. The van der Waals surface area contributed by atoms with Crippen LogP contribution in [0.4, 0.5) is 0 Å². The molecule has 0 saturated heterocycles. The summed E-state index contributed by atoms with van der Waals surface area (Å²) in [6.07, 6.45) is 1.85. The second kappa shape index (κ2) is 5.57. The second-order valence-electron chi connectivity index (χ2n) is 3.53. The van der Waals surface area contributed by atoms with Crippen LogP contribution in [0, 0.1) is 0 Å². The first-order valence-electron chi connectivity index (χ1n) is 5.23. The molecule has 0 aliphatic rings. The van der Waals surface area contributed by atoms with Crippen LogP contribution in [0.1, 0.15) is 10.7 Å². The SMILES string of the molecule is NCc1cc(S(=O)(=O)NCCc2ncn[nH]2)cs1. The van der Waals surface area contributed by atoms with Gasteiger partial charge in [0.25, 0.3) is 0 Å². The maximum Gasteiger partial charge on any atom is 0.241 e. The molecule has 0 aliphatic heterocycles. The van der Waals surface area contributed by atoms with Gasteiger partial charge >= 0.3 is 0 Å². The fourth-order valence-corrected chi connectivity index (χ4v) is 3.53. The van der Waals surface area contributed by atoms with Crippen molar-refractivity contribution in [2.75, 3.05) is 6.54 Å². The van der Waals surface area contributed by atoms with Crippen LogP contribution in [0.25, 0.3) is 0 Å². The van der Waals surface area contributed by atoms with Crippen LogP contribution in [0.2, 0.25) is 0 Å². The zero-order chi connectivity index (χ0) is 13.0. The van der Waals surface area contributed by atoms with Crippen molar-refractivity contribution < 1.29 is 8.42 Å². The number of H-pyrrole nitrogens is 1. The summed E-state index contributed by atoms with van der Waals surface area (Å²) in [7, 11) is -3.46. The highest BCUT2D eigenvalue weighted by atomic mass is 32.2. The molecule has 9 heteroatoms. The molecule has 0 aromatic carbocycles. The summed E-state index contributed by atoms with van der Waals surface area (Å²) in [5, 5.41) is 7.93. The third-order valence-corrected chi connectivity index (χ3v) is 4.81. The van der Waals surface area contributed by atoms with Crippen LogP contribution in [0.15, 0.2) is 22.7 Å². The number of aromatic amines is 1. The maximum atomic E-state index is 11.9. The summed E-state index contributed by atoms with van der Waals surface area (Å²) in [6, 6.07) is 1.58. The molecule has 2 rings (SSSR count). The fraction of sp³-hybridized carbons (Fsp3) is 0.333. The third kappa shape index (κ3) is 3.13. The van der Waals surface area contributed by atoms with Crippen molar-refractivity contribution in [2.24, 2.45) is 5.73 Å². The van der Waals surface area contributed by atoms with Crippen LogP contribution in [0.3, 0.4) is 0 Å². The van der Waals surface area contributed by atoms with E-state index >= 15 is 0 Å². The van der Waals surface area contributed by atoms with E-state index in [9.17, 15) is 8.42 Å². The highest BCUT2D eigenvalue weighted by molar-refractivity contribution is 7.89. The van der Waals surface area contributed by atoms with Gasteiger partial charge in [0.15, 0.2) is 0 Å². The van der Waals surface area contributed by atoms with E-state index < -0.39 is 10.0 Å². The highest BCUT2D eigenvalue weighted by Gasteiger charge is 2.15. The standard InChI is InChI=1S/C9H13N5O2S2/c10-4-7-3-8(5-17-7)18(15,16)13-2-1-9-11-6-12-14-9/h3,5-6,13H,1-2,4,10H2,(H,11,12,14). The Morgan fingerprint density at radius 3 is 2.94 bits per heavy atom. The first kappa shape index (κ1) is 13.1. The predicted octanol–water partition coefficient (Wildman–Crippen LogP) is -0.154. The molecular weight excluding hydrogens is 274 g/mol. The first-order valence-corrected chi connectivity index (χ1v) is 7.59. The summed E-state index contributed by atoms with van der Waals surface area (Å²) < 4.78 is 26.3. The van der Waals surface area contributed by atoms with Gasteiger partial charge in [-0.15, -0.1) is 11.3 Å². The van der Waals surface area contributed by atoms with Gasteiger partial charge in [0.05, 0.1) is 4.90 Å². The lowest BCUT2D eigenvalue weighted by Crippen LogP contribution is -2.25. The molecule has 2 aromatic heterocycles. The maximum absolute atomic E-state index is 11.9. The molecule has 0 atom stereocenters. The van der Waals surface area contributed by atoms with Crippen LogP contribution < -0.4 is 10.5 Å². The van der Waals surface area contributed by atoms with Gasteiger partial charge in [0.2, 0.25) is 10.0 Å². The van der Waals surface area contributed by atoms with Gasteiger partial charge in [0, 0.05) is 29.8 Å². The van der Waals surface area contributed by atoms with Crippen LogP contribution >= 0.6 is 11.3 Å². The quantitative estimate of drug-likeness (QED) is 0.683. The second-order valence-corrected chi connectivity index (χ2v) is 6.30. The van der Waals surface area contributed by atoms with Crippen molar-refractivity contribution in [3.8, 4) is 0 Å². The number of nitrogens with one attached hydrogen (secondary N) is 2. The molecule has 4 N–H and O–H groups in total. The first-order chi connectivity index (χ1) is 8.62. The fourth-order valence-electron chi connectivity index (χ4n) is 1.35. The van der Waals surface area contributed by atoms with E-state index in [4.69, 9.17) is 5.73 Å². The predicted molar refractivity (Wildman–Crippen MR) is 67.5 cm³/mol. The minimum absolute atomic E-state index is 0.255. The number of hydrogen-bond acceptors (Lipinski definition) is 6. The van der Waals surface area contributed by atoms with E-state index in [0.717, 1.165) is 4.88 Å². The molecule has 0 bridgehead atoms. The van der Waals surface area contributed by atoms with Gasteiger partial charge in [-0.2, -0.15) is 5.10 Å². The number of rotatable bonds is 6. The highest BCUT2D eigenvalue weighted by Crippen LogP contribution is 2.18. The van der Waals surface area contributed by atoms with Crippen molar-refractivity contribution in [3.63, 3.8) is 0 Å². The lowest BCUT2D eigenvalue weighted by Gasteiger charge is -2.03. The Kier molecular flexibility index (Phi) is 4.07. The van der Waals surface area contributed by atoms with Crippen molar-refractivity contribution in [1.29, 1.82) is 0 Å². The van der Waals surface area contributed by atoms with Gasteiger partial charge < -0.3 is 5.73 Å². The molecule has 0 fully saturated rings. The number of sulfonamides is 1. The normalized spacial score (nSPS) is 11.8. The van der Waals surface area contributed by atoms with Crippen LogP contribution in [-0.2, 0) is 23.0 Å². The van der Waals surface area contributed by atoms with Crippen molar-refractivity contribution in [1.82, 2.24) is 19.9 Å². The Hall–Kier alpha value is -1.29. The van der Waals surface area contributed by atoms with Gasteiger partial charge in [-0.3, -0.25) is 5.10 Å². The molecule has 2 aromatic rings. The topological polar surface area (TPSA) is 114 Å². The summed E-state index contributed by atoms with van der Waals surface area (Å²) in [5.74, 6) is 0.644. The molecule has 0 aliphatic carbocycles. The molecule has 0 radical (unpaired) electrons. The van der Waals surface area contributed by atoms with Crippen molar-refractivity contribution in [3.05, 3.63) is 28.5 Å². The minimum Gasteiger partial charge on any atom is -0.326 e. The van der Waals surface area contributed by atoms with Gasteiger partial charge in [-0.1, -0.05) is 0 Å². The van der Waals surface area contributed by atoms with E-state index in [2.05, 4.69) is 19.9 Å². The van der Waals surface area contributed by atoms with Gasteiger partial charge in [0.1, 0.15) is 12.2 Å². The molecule has 0 spiro atoms. The number of aromatic nitrogens is 3. The smallest absolute Gasteiger partial charge is 0.241 e. The average molecular weight is 287 g/mol. The molecule has 7 nitrogen and oxygen atoms in total. The van der Waals surface area contributed by atoms with E-state index in [1.165, 1.54) is 17.7 Å². The monoisotopic (exact) mass is 287 g/mol. The largest absolute Gasteiger partial charge is 0.326 e. The summed E-state index contributed by atoms with van der Waals surface area (Å²) >= 11 is 1.33. The Balaban J connectivity index is 1.95. The van der Waals surface area contributed by atoms with Crippen LogP contribution in [0.5, 0.6) is 0 Å². The minimum atomic E-state index is -3.46. The molecule has 0 amide bonds. The van der Waals surface area contributed by atoms with Crippen molar-refractivity contribution >= 4 is 21.4 Å². The number of thiophene rings is 1. The summed E-state index contributed by atoms with van der Waals surface area (Å²) in [6.45, 7) is 0.615. The molecule has 2 heterocycles.